The molecule has 7 heteroatoms. The number of rotatable bonds is 5. The molecule has 0 bridgehead atoms. The fourth-order valence-corrected chi connectivity index (χ4v) is 4.61. The number of hydrogen-bond acceptors (Lipinski definition) is 4. The molecule has 32 heavy (non-hydrogen) atoms. The standard InChI is InChI=1S/C25H29FN4O2/c1-16-14-21(17(2)30(16)15-18-4-8-20(26)9-5-18)23(31)29-12-10-25(3,11-13-29)24-27-22(32-28-24)19-6-7-19/h4-5,8-9,14,19H,6-7,10-13,15H2,1-3H3. The molecule has 1 saturated heterocycles. The number of aryl methyl sites for hydroxylation is 1. The summed E-state index contributed by atoms with van der Waals surface area (Å²) in [4.78, 5) is 19.9. The molecule has 6 nitrogen and oxygen atoms in total. The Balaban J connectivity index is 1.28. The smallest absolute Gasteiger partial charge is 0.255 e. The number of nitrogens with zero attached hydrogens (tertiary/aromatic N) is 4. The summed E-state index contributed by atoms with van der Waals surface area (Å²) in [6.45, 7) is 8.12. The van der Waals surface area contributed by atoms with Gasteiger partial charge < -0.3 is 14.0 Å². The number of hydrogen-bond donors (Lipinski definition) is 0. The van der Waals surface area contributed by atoms with Crippen LogP contribution in [0.3, 0.4) is 0 Å². The first-order chi connectivity index (χ1) is 15.3. The van der Waals surface area contributed by atoms with E-state index in [1.165, 1.54) is 12.1 Å². The Morgan fingerprint density at radius 1 is 1.19 bits per heavy atom. The number of likely N-dealkylation sites (tertiary alicyclic amines) is 1. The second-order valence-electron chi connectivity index (χ2n) is 9.58. The number of amides is 1. The molecule has 2 aliphatic rings. The lowest BCUT2D eigenvalue weighted by molar-refractivity contribution is 0.0669. The molecule has 1 aromatic carbocycles. The molecule has 1 aliphatic heterocycles. The Hall–Kier alpha value is -2.96. The van der Waals surface area contributed by atoms with Gasteiger partial charge in [0.05, 0.1) is 5.56 Å². The van der Waals surface area contributed by atoms with E-state index in [1.807, 2.05) is 24.8 Å². The van der Waals surface area contributed by atoms with Crippen molar-refractivity contribution in [3.63, 3.8) is 0 Å². The molecule has 1 saturated carbocycles. The first-order valence-corrected chi connectivity index (χ1v) is 11.4. The summed E-state index contributed by atoms with van der Waals surface area (Å²) in [5.41, 5.74) is 3.55. The summed E-state index contributed by atoms with van der Waals surface area (Å²) in [5.74, 6) is 1.83. The van der Waals surface area contributed by atoms with E-state index >= 15 is 0 Å². The highest BCUT2D eigenvalue weighted by Crippen LogP contribution is 2.41. The Labute approximate surface area is 187 Å². The maximum Gasteiger partial charge on any atom is 0.255 e. The number of aromatic nitrogens is 3. The summed E-state index contributed by atoms with van der Waals surface area (Å²) in [5, 5.41) is 4.26. The lowest BCUT2D eigenvalue weighted by atomic mass is 9.79. The first-order valence-electron chi connectivity index (χ1n) is 11.4. The van der Waals surface area contributed by atoms with E-state index in [1.54, 1.807) is 12.1 Å². The highest BCUT2D eigenvalue weighted by Gasteiger charge is 2.39. The van der Waals surface area contributed by atoms with E-state index in [-0.39, 0.29) is 17.1 Å². The van der Waals surface area contributed by atoms with Gasteiger partial charge >= 0.3 is 0 Å². The molecule has 3 heterocycles. The third-order valence-corrected chi connectivity index (χ3v) is 7.12. The molecule has 3 aromatic rings. The minimum absolute atomic E-state index is 0.0669. The van der Waals surface area contributed by atoms with Crippen LogP contribution in [-0.4, -0.2) is 38.6 Å². The summed E-state index contributed by atoms with van der Waals surface area (Å²) >= 11 is 0. The molecule has 2 fully saturated rings. The van der Waals surface area contributed by atoms with Gasteiger partial charge in [-0.1, -0.05) is 24.2 Å². The fourth-order valence-electron chi connectivity index (χ4n) is 4.61. The minimum Gasteiger partial charge on any atom is -0.344 e. The minimum atomic E-state index is -0.243. The van der Waals surface area contributed by atoms with Crippen molar-refractivity contribution in [1.29, 1.82) is 0 Å². The maximum atomic E-state index is 13.3. The van der Waals surface area contributed by atoms with Crippen molar-refractivity contribution in [1.82, 2.24) is 19.6 Å². The summed E-state index contributed by atoms with van der Waals surface area (Å²) < 4.78 is 20.8. The van der Waals surface area contributed by atoms with Gasteiger partial charge in [0.15, 0.2) is 5.82 Å². The van der Waals surface area contributed by atoms with Crippen LogP contribution in [0.5, 0.6) is 0 Å². The number of piperidine rings is 1. The molecular formula is C25H29FN4O2. The van der Waals surface area contributed by atoms with E-state index < -0.39 is 0 Å². The Morgan fingerprint density at radius 3 is 2.53 bits per heavy atom. The van der Waals surface area contributed by atoms with Crippen LogP contribution in [0, 0.1) is 19.7 Å². The largest absolute Gasteiger partial charge is 0.344 e. The highest BCUT2D eigenvalue weighted by atomic mass is 19.1. The van der Waals surface area contributed by atoms with Crippen LogP contribution in [-0.2, 0) is 12.0 Å². The lowest BCUT2D eigenvalue weighted by Crippen LogP contribution is -2.44. The molecule has 0 atom stereocenters. The van der Waals surface area contributed by atoms with Gasteiger partial charge in [0.25, 0.3) is 5.91 Å². The van der Waals surface area contributed by atoms with Gasteiger partial charge in [-0.15, -0.1) is 0 Å². The Bertz CT molecular complexity index is 1140. The van der Waals surface area contributed by atoms with Crippen LogP contribution in [0.2, 0.25) is 0 Å². The predicted molar refractivity (Wildman–Crippen MR) is 118 cm³/mol. The summed E-state index contributed by atoms with van der Waals surface area (Å²) in [6, 6.07) is 8.48. The average Bonchev–Trinajstić information content (AvgIpc) is 3.44. The molecule has 0 spiro atoms. The Morgan fingerprint density at radius 2 is 1.88 bits per heavy atom. The molecule has 0 unspecified atom stereocenters. The molecule has 0 N–H and O–H groups in total. The van der Waals surface area contributed by atoms with Crippen molar-refractivity contribution < 1.29 is 13.7 Å². The monoisotopic (exact) mass is 436 g/mol. The zero-order valence-corrected chi connectivity index (χ0v) is 18.9. The highest BCUT2D eigenvalue weighted by molar-refractivity contribution is 5.95. The SMILES string of the molecule is Cc1cc(C(=O)N2CCC(C)(c3noc(C4CC4)n3)CC2)c(C)n1Cc1ccc(F)cc1. The van der Waals surface area contributed by atoms with Crippen molar-refractivity contribution in [2.45, 2.75) is 64.3 Å². The summed E-state index contributed by atoms with van der Waals surface area (Å²) in [7, 11) is 0. The molecule has 0 radical (unpaired) electrons. The number of carbonyl (C=O) groups is 1. The second kappa shape index (κ2) is 7.87. The predicted octanol–water partition coefficient (Wildman–Crippen LogP) is 4.75. The van der Waals surface area contributed by atoms with Crippen LogP contribution in [0.15, 0.2) is 34.9 Å². The van der Waals surface area contributed by atoms with Crippen molar-refractivity contribution in [3.8, 4) is 0 Å². The van der Waals surface area contributed by atoms with Gasteiger partial charge in [-0.25, -0.2) is 4.39 Å². The van der Waals surface area contributed by atoms with Crippen molar-refractivity contribution in [2.24, 2.45) is 0 Å². The molecular weight excluding hydrogens is 407 g/mol. The van der Waals surface area contributed by atoms with Crippen LogP contribution in [0.4, 0.5) is 4.39 Å². The zero-order chi connectivity index (χ0) is 22.5. The molecule has 1 aliphatic carbocycles. The third-order valence-electron chi connectivity index (χ3n) is 7.12. The van der Waals surface area contributed by atoms with Gasteiger partial charge in [-0.3, -0.25) is 4.79 Å². The van der Waals surface area contributed by atoms with Gasteiger partial charge in [-0.05, 0) is 63.3 Å². The summed E-state index contributed by atoms with van der Waals surface area (Å²) in [6.07, 6.45) is 3.91. The molecule has 168 valence electrons. The average molecular weight is 437 g/mol. The molecule has 2 aromatic heterocycles. The van der Waals surface area contributed by atoms with Crippen LogP contribution in [0.25, 0.3) is 0 Å². The van der Waals surface area contributed by atoms with E-state index in [4.69, 9.17) is 4.52 Å². The maximum absolute atomic E-state index is 13.3. The third kappa shape index (κ3) is 3.85. The zero-order valence-electron chi connectivity index (χ0n) is 18.9. The second-order valence-corrected chi connectivity index (χ2v) is 9.58. The van der Waals surface area contributed by atoms with Crippen LogP contribution < -0.4 is 0 Å². The van der Waals surface area contributed by atoms with Gasteiger partial charge in [0, 0.05) is 42.4 Å². The van der Waals surface area contributed by atoms with E-state index in [9.17, 15) is 9.18 Å². The lowest BCUT2D eigenvalue weighted by Gasteiger charge is -2.37. The number of benzene rings is 1. The number of halogens is 1. The van der Waals surface area contributed by atoms with Gasteiger partial charge in [-0.2, -0.15) is 4.98 Å². The van der Waals surface area contributed by atoms with Crippen molar-refractivity contribution in [2.75, 3.05) is 13.1 Å². The van der Waals surface area contributed by atoms with Crippen molar-refractivity contribution in [3.05, 3.63) is 70.4 Å². The van der Waals surface area contributed by atoms with Gasteiger partial charge in [0.1, 0.15) is 5.82 Å². The van der Waals surface area contributed by atoms with Gasteiger partial charge in [0.2, 0.25) is 5.89 Å². The normalized spacial score (nSPS) is 18.2. The van der Waals surface area contributed by atoms with Crippen molar-refractivity contribution >= 4 is 5.91 Å². The Kier molecular flexibility index (Phi) is 5.14. The first kappa shape index (κ1) is 20.9. The van der Waals surface area contributed by atoms with E-state index in [0.717, 1.165) is 59.9 Å². The quantitative estimate of drug-likeness (QED) is 0.579. The van der Waals surface area contributed by atoms with Crippen LogP contribution >= 0.6 is 0 Å². The van der Waals surface area contributed by atoms with E-state index in [2.05, 4.69) is 21.6 Å². The topological polar surface area (TPSA) is 64.2 Å². The molecule has 1 amide bonds. The number of carbonyl (C=O) groups excluding carboxylic acids is 1. The fraction of sp³-hybridized carbons (Fsp3) is 0.480. The van der Waals surface area contributed by atoms with Crippen LogP contribution in [0.1, 0.15) is 77.5 Å². The molecule has 5 rings (SSSR count). The van der Waals surface area contributed by atoms with E-state index in [0.29, 0.717) is 25.6 Å².